The number of nitrogens with zero attached hydrogens (tertiary/aromatic N) is 1. The molecule has 0 aliphatic carbocycles. The molecule has 1 heterocycles. The number of benzene rings is 2. The predicted octanol–water partition coefficient (Wildman–Crippen LogP) is 8.85. The zero-order valence-electron chi connectivity index (χ0n) is 23.9. The van der Waals surface area contributed by atoms with E-state index in [1.54, 1.807) is 36.3 Å². The van der Waals surface area contributed by atoms with Gasteiger partial charge in [0.05, 0.1) is 5.69 Å². The van der Waals surface area contributed by atoms with Crippen LogP contribution in [-0.4, -0.2) is 55.2 Å². The molecular weight excluding hydrogens is 556 g/mol. The van der Waals surface area contributed by atoms with Crippen molar-refractivity contribution in [1.29, 1.82) is 0 Å². The Hall–Kier alpha value is -1.49. The molecule has 1 aliphatic heterocycles. The van der Waals surface area contributed by atoms with Crippen LogP contribution >= 0.6 is 42.1 Å². The lowest BCUT2D eigenvalue weighted by Crippen LogP contribution is -2.37. The molecule has 38 heavy (non-hydrogen) atoms. The number of anilines is 1. The monoisotopic (exact) mass is 597 g/mol. The first-order valence-electron chi connectivity index (χ1n) is 12.8. The number of hydrogen-bond acceptors (Lipinski definition) is 3. The lowest BCUT2D eigenvalue weighted by molar-refractivity contribution is -0.112. The number of carbonyl (C=O) groups is 1. The Morgan fingerprint density at radius 3 is 2.26 bits per heavy atom. The van der Waals surface area contributed by atoms with E-state index in [0.717, 1.165) is 11.3 Å². The average molecular weight is 599 g/mol. The van der Waals surface area contributed by atoms with Crippen molar-refractivity contribution in [2.24, 2.45) is 0 Å². The normalized spacial score (nSPS) is 14.7. The molecule has 2 aromatic carbocycles. The summed E-state index contributed by atoms with van der Waals surface area (Å²) >= 11 is 12.4. The van der Waals surface area contributed by atoms with Gasteiger partial charge in [-0.1, -0.05) is 57.9 Å². The van der Waals surface area contributed by atoms with Gasteiger partial charge in [0.2, 0.25) is 0 Å². The van der Waals surface area contributed by atoms with Crippen molar-refractivity contribution in [3.8, 4) is 5.75 Å². The van der Waals surface area contributed by atoms with E-state index in [1.807, 2.05) is 39.0 Å². The third-order valence-corrected chi connectivity index (χ3v) is 8.87. The number of hydrogen-bond donors (Lipinski definition) is 0. The molecule has 0 unspecified atom stereocenters. The predicted molar refractivity (Wildman–Crippen MR) is 174 cm³/mol. The van der Waals surface area contributed by atoms with Crippen molar-refractivity contribution in [3.05, 3.63) is 57.6 Å². The van der Waals surface area contributed by atoms with E-state index in [1.165, 1.54) is 25.0 Å². The summed E-state index contributed by atoms with van der Waals surface area (Å²) in [6.07, 6.45) is 13.2. The first kappa shape index (κ1) is 32.7. The maximum atomic E-state index is 13.1. The average Bonchev–Trinajstić information content (AvgIpc) is 3.09. The summed E-state index contributed by atoms with van der Waals surface area (Å²) < 4.78 is 11.5. The van der Waals surface area contributed by atoms with Gasteiger partial charge in [0.15, 0.2) is 5.60 Å². The molecule has 2 aromatic rings. The Morgan fingerprint density at radius 2 is 1.68 bits per heavy atom. The molecule has 3 rings (SSSR count). The second kappa shape index (κ2) is 14.2. The van der Waals surface area contributed by atoms with Gasteiger partial charge in [0.25, 0.3) is 5.91 Å². The number of methoxy groups -OCH3 is 1. The molecule has 0 fully saturated rings. The van der Waals surface area contributed by atoms with Gasteiger partial charge in [-0.2, -0.15) is 0 Å². The van der Waals surface area contributed by atoms with E-state index in [0.29, 0.717) is 39.0 Å². The standard InChI is InChI=1S/C22H22Cl2NO3P.C8H20S/c1-5-25-18-12-15(24)6-8-16(18)17(20(25)26)11-13-10-14(23)7-9-19(13)28-22(2,3)21(29)27-4;1-5-6-7-8-9(2,3)4/h6-12,29H,5H2,1-4H3;5-8H2,1-4H3/b17-11+;. The first-order chi connectivity index (χ1) is 17.7. The zero-order chi connectivity index (χ0) is 28.7. The molecule has 210 valence electrons. The van der Waals surface area contributed by atoms with Gasteiger partial charge in [-0.15, -0.1) is 0 Å². The molecule has 0 saturated heterocycles. The smallest absolute Gasteiger partial charge is 0.258 e. The lowest BCUT2D eigenvalue weighted by atomic mass is 10.0. The van der Waals surface area contributed by atoms with E-state index in [9.17, 15) is 4.79 Å². The van der Waals surface area contributed by atoms with Crippen molar-refractivity contribution in [2.75, 3.05) is 43.1 Å². The van der Waals surface area contributed by atoms with Gasteiger partial charge < -0.3 is 14.4 Å². The van der Waals surface area contributed by atoms with Crippen molar-refractivity contribution in [1.82, 2.24) is 0 Å². The second-order valence-corrected chi connectivity index (χ2v) is 16.5. The molecule has 1 amide bonds. The third-order valence-electron chi connectivity index (χ3n) is 6.08. The minimum absolute atomic E-state index is 0.0841. The Kier molecular flexibility index (Phi) is 12.3. The molecule has 4 nitrogen and oxygen atoms in total. The summed E-state index contributed by atoms with van der Waals surface area (Å²) in [4.78, 5) is 14.8. The van der Waals surface area contributed by atoms with Gasteiger partial charge in [-0.05, 0) is 88.1 Å². The Bertz CT molecular complexity index is 1170. The fourth-order valence-electron chi connectivity index (χ4n) is 4.01. The quantitative estimate of drug-likeness (QED) is 0.156. The van der Waals surface area contributed by atoms with Crippen molar-refractivity contribution in [3.63, 3.8) is 0 Å². The Labute approximate surface area is 243 Å². The van der Waals surface area contributed by atoms with Gasteiger partial charge in [0, 0.05) is 40.4 Å². The van der Waals surface area contributed by atoms with Crippen molar-refractivity contribution < 1.29 is 14.3 Å². The summed E-state index contributed by atoms with van der Waals surface area (Å²) in [5.41, 5.74) is 2.70. The highest BCUT2D eigenvalue weighted by atomic mass is 35.5. The molecule has 8 heteroatoms. The summed E-state index contributed by atoms with van der Waals surface area (Å²) in [7, 11) is 4.82. The number of amides is 1. The van der Waals surface area contributed by atoms with Crippen LogP contribution in [0.3, 0.4) is 0 Å². The molecule has 0 aromatic heterocycles. The Morgan fingerprint density at radius 1 is 1.05 bits per heavy atom. The van der Waals surface area contributed by atoms with E-state index < -0.39 is 5.60 Å². The highest BCUT2D eigenvalue weighted by molar-refractivity contribution is 8.32. The molecule has 0 radical (unpaired) electrons. The van der Waals surface area contributed by atoms with Crippen LogP contribution in [0.2, 0.25) is 10.0 Å². The highest BCUT2D eigenvalue weighted by Gasteiger charge is 2.32. The fourth-order valence-corrected chi connectivity index (χ4v) is 5.48. The molecule has 0 saturated carbocycles. The van der Waals surface area contributed by atoms with Crippen LogP contribution in [0.15, 0.2) is 36.4 Å². The first-order valence-corrected chi connectivity index (χ1v) is 17.1. The van der Waals surface area contributed by atoms with Gasteiger partial charge in [0.1, 0.15) is 11.2 Å². The SMILES string of the molecule is CCCCCS(C)(C)C.CCN1C(=O)/C(=C/c2cc(Cl)ccc2OC(C)(C)C(=P)OC)c2ccc(Cl)cc21. The minimum Gasteiger partial charge on any atom is -0.480 e. The van der Waals surface area contributed by atoms with Gasteiger partial charge >= 0.3 is 0 Å². The van der Waals surface area contributed by atoms with E-state index in [-0.39, 0.29) is 15.9 Å². The molecule has 0 spiro atoms. The van der Waals surface area contributed by atoms with Crippen LogP contribution in [0.5, 0.6) is 5.75 Å². The second-order valence-electron chi connectivity index (χ2n) is 10.6. The maximum absolute atomic E-state index is 13.1. The van der Waals surface area contributed by atoms with Crippen LogP contribution in [0.4, 0.5) is 5.69 Å². The molecule has 0 bridgehead atoms. The maximum Gasteiger partial charge on any atom is 0.258 e. The van der Waals surface area contributed by atoms with Crippen molar-refractivity contribution >= 4 is 70.8 Å². The summed E-state index contributed by atoms with van der Waals surface area (Å²) in [6, 6.07) is 10.8. The molecule has 1 aliphatic rings. The van der Waals surface area contributed by atoms with E-state index in [4.69, 9.17) is 32.7 Å². The zero-order valence-corrected chi connectivity index (χ0v) is 27.2. The Balaban J connectivity index is 0.000000484. The number of rotatable bonds is 10. The minimum atomic E-state index is -0.743. The number of carbonyl (C=O) groups excluding carboxylic acids is 1. The fraction of sp³-hybridized carbons (Fsp3) is 0.467. The topological polar surface area (TPSA) is 38.8 Å². The van der Waals surface area contributed by atoms with Gasteiger partial charge in [-0.25, -0.2) is 10.0 Å². The highest BCUT2D eigenvalue weighted by Crippen LogP contribution is 2.41. The summed E-state index contributed by atoms with van der Waals surface area (Å²) in [5.74, 6) is 1.96. The van der Waals surface area contributed by atoms with Crippen LogP contribution in [-0.2, 0) is 9.53 Å². The van der Waals surface area contributed by atoms with E-state index >= 15 is 0 Å². The largest absolute Gasteiger partial charge is 0.480 e. The van der Waals surface area contributed by atoms with Crippen LogP contribution in [0.25, 0.3) is 11.6 Å². The lowest BCUT2D eigenvalue weighted by Gasteiger charge is -2.28. The van der Waals surface area contributed by atoms with Crippen molar-refractivity contribution in [2.45, 2.75) is 52.6 Å². The number of fused-ring (bicyclic) bond motifs is 1. The van der Waals surface area contributed by atoms with E-state index in [2.05, 4.69) is 34.6 Å². The molecule has 0 atom stereocenters. The summed E-state index contributed by atoms with van der Waals surface area (Å²) in [6.45, 7) is 8.49. The van der Waals surface area contributed by atoms with Gasteiger partial charge in [-0.3, -0.25) is 4.79 Å². The number of ether oxygens (including phenoxy) is 2. The molecular formula is C30H42Cl2NO3PS. The number of likely N-dealkylation sites (N-methyl/N-ethyl adjacent to an activating group) is 1. The third kappa shape index (κ3) is 9.03. The van der Waals surface area contributed by atoms with Crippen LogP contribution in [0, 0.1) is 0 Å². The van der Waals surface area contributed by atoms with Crippen LogP contribution in [0.1, 0.15) is 58.1 Å². The van der Waals surface area contributed by atoms with Crippen LogP contribution < -0.4 is 9.64 Å². The number of halogens is 2. The molecule has 0 N–H and O–H groups in total. The summed E-state index contributed by atoms with van der Waals surface area (Å²) in [5, 5.41) is 1.13. The number of unbranched alkanes of at least 4 members (excludes halogenated alkanes) is 2.